The number of morpholine rings is 1. The van der Waals surface area contributed by atoms with Crippen LogP contribution in [0.2, 0.25) is 0 Å². The van der Waals surface area contributed by atoms with Gasteiger partial charge in [-0.25, -0.2) is 4.79 Å². The Morgan fingerprint density at radius 3 is 3.08 bits per heavy atom. The van der Waals surface area contributed by atoms with E-state index in [1.165, 1.54) is 0 Å². The minimum Gasteiger partial charge on any atom is -0.450 e. The summed E-state index contributed by atoms with van der Waals surface area (Å²) >= 11 is 0. The minimum atomic E-state index is -0.228. The van der Waals surface area contributed by atoms with Crippen LogP contribution in [0.15, 0.2) is 0 Å². The monoisotopic (exact) mass is 173 g/mol. The molecule has 0 aromatic carbocycles. The van der Waals surface area contributed by atoms with Crippen LogP contribution in [0, 0.1) is 0 Å². The highest BCUT2D eigenvalue weighted by atomic mass is 16.6. The first kappa shape index (κ1) is 9.32. The van der Waals surface area contributed by atoms with Crippen LogP contribution in [0.1, 0.15) is 13.8 Å². The summed E-state index contributed by atoms with van der Waals surface area (Å²) in [7, 11) is 0. The van der Waals surface area contributed by atoms with Gasteiger partial charge < -0.3 is 14.4 Å². The predicted octanol–water partition coefficient (Wildman–Crippen LogP) is 0.864. The molecule has 1 aliphatic heterocycles. The van der Waals surface area contributed by atoms with E-state index in [-0.39, 0.29) is 12.1 Å². The van der Waals surface area contributed by atoms with E-state index in [0.29, 0.717) is 26.4 Å². The summed E-state index contributed by atoms with van der Waals surface area (Å²) in [5, 5.41) is 0. The molecule has 0 aliphatic carbocycles. The lowest BCUT2D eigenvalue weighted by atomic mass is 10.3. The molecule has 12 heavy (non-hydrogen) atoms. The first-order valence-electron chi connectivity index (χ1n) is 4.27. The van der Waals surface area contributed by atoms with E-state index in [2.05, 4.69) is 0 Å². The Kier molecular flexibility index (Phi) is 3.34. The highest BCUT2D eigenvalue weighted by molar-refractivity contribution is 5.68. The molecule has 0 aromatic rings. The molecule has 1 atom stereocenters. The highest BCUT2D eigenvalue weighted by Crippen LogP contribution is 2.07. The smallest absolute Gasteiger partial charge is 0.410 e. The molecule has 0 bridgehead atoms. The number of ether oxygens (including phenoxy) is 2. The quantitative estimate of drug-likeness (QED) is 0.590. The Morgan fingerprint density at radius 1 is 1.75 bits per heavy atom. The van der Waals surface area contributed by atoms with Crippen LogP contribution in [0.5, 0.6) is 0 Å². The largest absolute Gasteiger partial charge is 0.450 e. The van der Waals surface area contributed by atoms with E-state index >= 15 is 0 Å². The second-order valence-electron chi connectivity index (χ2n) is 2.82. The molecule has 0 radical (unpaired) electrons. The minimum absolute atomic E-state index is 0.137. The maximum atomic E-state index is 11.3. The van der Waals surface area contributed by atoms with Gasteiger partial charge in [-0.05, 0) is 13.8 Å². The molecule has 1 aliphatic rings. The number of hydrogen-bond donors (Lipinski definition) is 0. The first-order valence-corrected chi connectivity index (χ1v) is 4.27. The highest BCUT2D eigenvalue weighted by Gasteiger charge is 2.24. The van der Waals surface area contributed by atoms with Crippen molar-refractivity contribution in [2.24, 2.45) is 0 Å². The van der Waals surface area contributed by atoms with Crippen LogP contribution in [-0.4, -0.2) is 43.4 Å². The molecule has 4 heteroatoms. The lowest BCUT2D eigenvalue weighted by molar-refractivity contribution is -0.00202. The Balaban J connectivity index is 2.42. The van der Waals surface area contributed by atoms with Crippen LogP contribution < -0.4 is 0 Å². The van der Waals surface area contributed by atoms with Gasteiger partial charge in [-0.15, -0.1) is 0 Å². The molecule has 1 fully saturated rings. The van der Waals surface area contributed by atoms with Crippen LogP contribution in [0.4, 0.5) is 4.79 Å². The van der Waals surface area contributed by atoms with E-state index in [9.17, 15) is 4.79 Å². The molecule has 1 unspecified atom stereocenters. The van der Waals surface area contributed by atoms with Crippen molar-refractivity contribution in [1.82, 2.24) is 4.90 Å². The average molecular weight is 173 g/mol. The van der Waals surface area contributed by atoms with E-state index in [4.69, 9.17) is 9.47 Å². The third kappa shape index (κ3) is 2.11. The lowest BCUT2D eigenvalue weighted by Gasteiger charge is -2.32. The van der Waals surface area contributed by atoms with Crippen molar-refractivity contribution in [3.8, 4) is 0 Å². The van der Waals surface area contributed by atoms with Gasteiger partial charge in [0.1, 0.15) is 0 Å². The maximum Gasteiger partial charge on any atom is 0.410 e. The third-order valence-corrected chi connectivity index (χ3v) is 1.87. The van der Waals surface area contributed by atoms with Crippen molar-refractivity contribution in [3.05, 3.63) is 0 Å². The Hall–Kier alpha value is -0.770. The standard InChI is InChI=1S/C8H15NO3/c1-3-12-8(10)9-4-5-11-6-7(9)2/h7H,3-6H2,1-2H3. The molecule has 1 rings (SSSR count). The zero-order valence-electron chi connectivity index (χ0n) is 7.58. The normalized spacial score (nSPS) is 23.8. The molecule has 1 amide bonds. The van der Waals surface area contributed by atoms with E-state index in [0.717, 1.165) is 0 Å². The molecule has 0 spiro atoms. The molecule has 0 saturated carbocycles. The number of hydrogen-bond acceptors (Lipinski definition) is 3. The summed E-state index contributed by atoms with van der Waals surface area (Å²) in [6, 6.07) is 0.137. The van der Waals surface area contributed by atoms with Gasteiger partial charge in [0.2, 0.25) is 0 Å². The zero-order chi connectivity index (χ0) is 8.97. The fourth-order valence-electron chi connectivity index (χ4n) is 1.20. The SMILES string of the molecule is CCOC(=O)N1CCOCC1C. The van der Waals surface area contributed by atoms with Crippen molar-refractivity contribution >= 4 is 6.09 Å². The van der Waals surface area contributed by atoms with Gasteiger partial charge >= 0.3 is 6.09 Å². The van der Waals surface area contributed by atoms with Crippen LogP contribution in [0.3, 0.4) is 0 Å². The number of nitrogens with zero attached hydrogens (tertiary/aromatic N) is 1. The van der Waals surface area contributed by atoms with Crippen molar-refractivity contribution in [3.63, 3.8) is 0 Å². The van der Waals surface area contributed by atoms with E-state index < -0.39 is 0 Å². The Morgan fingerprint density at radius 2 is 2.50 bits per heavy atom. The molecular formula is C8H15NO3. The first-order chi connectivity index (χ1) is 5.75. The van der Waals surface area contributed by atoms with Gasteiger partial charge in [0, 0.05) is 6.54 Å². The predicted molar refractivity (Wildman–Crippen MR) is 44.0 cm³/mol. The van der Waals surface area contributed by atoms with Gasteiger partial charge in [0.05, 0.1) is 25.9 Å². The van der Waals surface area contributed by atoms with Gasteiger partial charge in [-0.2, -0.15) is 0 Å². The summed E-state index contributed by atoms with van der Waals surface area (Å²) < 4.78 is 10.1. The fraction of sp³-hybridized carbons (Fsp3) is 0.875. The molecular weight excluding hydrogens is 158 g/mol. The Bertz CT molecular complexity index is 160. The average Bonchev–Trinajstić information content (AvgIpc) is 2.05. The molecule has 4 nitrogen and oxygen atoms in total. The second kappa shape index (κ2) is 4.30. The fourth-order valence-corrected chi connectivity index (χ4v) is 1.20. The van der Waals surface area contributed by atoms with Crippen LogP contribution >= 0.6 is 0 Å². The molecule has 1 saturated heterocycles. The molecule has 0 N–H and O–H groups in total. The van der Waals surface area contributed by atoms with Crippen molar-refractivity contribution in [2.45, 2.75) is 19.9 Å². The number of carbonyl (C=O) groups excluding carboxylic acids is 1. The van der Waals surface area contributed by atoms with Gasteiger partial charge in [0.25, 0.3) is 0 Å². The van der Waals surface area contributed by atoms with Gasteiger partial charge in [-0.1, -0.05) is 0 Å². The topological polar surface area (TPSA) is 38.8 Å². The van der Waals surface area contributed by atoms with Crippen LogP contribution in [-0.2, 0) is 9.47 Å². The van der Waals surface area contributed by atoms with Crippen molar-refractivity contribution in [1.29, 1.82) is 0 Å². The second-order valence-corrected chi connectivity index (χ2v) is 2.82. The summed E-state index contributed by atoms with van der Waals surface area (Å²) in [6.45, 7) is 6.06. The van der Waals surface area contributed by atoms with E-state index in [1.54, 1.807) is 4.90 Å². The summed E-state index contributed by atoms with van der Waals surface area (Å²) in [6.07, 6.45) is -0.228. The third-order valence-electron chi connectivity index (χ3n) is 1.87. The maximum absolute atomic E-state index is 11.3. The number of carbonyl (C=O) groups is 1. The van der Waals surface area contributed by atoms with Crippen molar-refractivity contribution in [2.75, 3.05) is 26.4 Å². The van der Waals surface area contributed by atoms with Crippen LogP contribution in [0.25, 0.3) is 0 Å². The lowest BCUT2D eigenvalue weighted by Crippen LogP contribution is -2.47. The van der Waals surface area contributed by atoms with Gasteiger partial charge in [-0.3, -0.25) is 0 Å². The number of amides is 1. The Labute approximate surface area is 72.4 Å². The summed E-state index contributed by atoms with van der Waals surface area (Å²) in [5.41, 5.74) is 0. The molecule has 70 valence electrons. The summed E-state index contributed by atoms with van der Waals surface area (Å²) in [5.74, 6) is 0. The summed E-state index contributed by atoms with van der Waals surface area (Å²) in [4.78, 5) is 13.0. The number of rotatable bonds is 1. The molecule has 1 heterocycles. The van der Waals surface area contributed by atoms with Crippen molar-refractivity contribution < 1.29 is 14.3 Å². The zero-order valence-corrected chi connectivity index (χ0v) is 7.58. The molecule has 0 aromatic heterocycles. The van der Waals surface area contributed by atoms with E-state index in [1.807, 2.05) is 13.8 Å². The van der Waals surface area contributed by atoms with Gasteiger partial charge in [0.15, 0.2) is 0 Å².